The Morgan fingerprint density at radius 2 is 1.89 bits per heavy atom. The maximum atomic E-state index is 12.0. The second-order valence-electron chi connectivity index (χ2n) is 4.98. The molecule has 1 aromatic rings. The fourth-order valence-electron chi connectivity index (χ4n) is 1.66. The number of carboxylic acid groups (broad SMARTS) is 1. The molecule has 0 unspecified atom stereocenters. The lowest BCUT2D eigenvalue weighted by molar-refractivity contribution is -0.140. The largest absolute Gasteiger partial charge is 0.480 e. The Bertz CT molecular complexity index is 470. The smallest absolute Gasteiger partial charge is 0.326 e. The third-order valence-electron chi connectivity index (χ3n) is 2.84. The van der Waals surface area contributed by atoms with Crippen molar-refractivity contribution in [2.45, 2.75) is 19.9 Å². The third-order valence-corrected chi connectivity index (χ3v) is 2.84. The molecule has 0 heterocycles. The molecule has 1 amide bonds. The van der Waals surface area contributed by atoms with Crippen molar-refractivity contribution >= 4 is 17.6 Å². The van der Waals surface area contributed by atoms with Crippen LogP contribution in [-0.2, 0) is 4.79 Å². The lowest BCUT2D eigenvalue weighted by atomic mass is 10.0. The summed E-state index contributed by atoms with van der Waals surface area (Å²) in [6.45, 7) is 3.52. The van der Waals surface area contributed by atoms with Crippen LogP contribution in [0.5, 0.6) is 0 Å². The first-order valence-electron chi connectivity index (χ1n) is 6.14. The Hall–Kier alpha value is -2.04. The SMILES string of the molecule is CC(C)[C@@H](NC(=O)c1cccc(N(C)C)c1)C(=O)O. The minimum absolute atomic E-state index is 0.168. The van der Waals surface area contributed by atoms with Gasteiger partial charge in [-0.25, -0.2) is 4.79 Å². The molecule has 2 N–H and O–H groups in total. The van der Waals surface area contributed by atoms with Gasteiger partial charge >= 0.3 is 5.97 Å². The molecule has 0 bridgehead atoms. The molecule has 1 atom stereocenters. The van der Waals surface area contributed by atoms with E-state index in [9.17, 15) is 9.59 Å². The highest BCUT2D eigenvalue weighted by molar-refractivity contribution is 5.97. The van der Waals surface area contributed by atoms with Crippen LogP contribution < -0.4 is 10.2 Å². The summed E-state index contributed by atoms with van der Waals surface area (Å²) in [6.07, 6.45) is 0. The predicted molar refractivity (Wildman–Crippen MR) is 74.5 cm³/mol. The van der Waals surface area contributed by atoms with E-state index < -0.39 is 12.0 Å². The highest BCUT2D eigenvalue weighted by Crippen LogP contribution is 2.14. The standard InChI is InChI=1S/C14H20N2O3/c1-9(2)12(14(18)19)15-13(17)10-6-5-7-11(8-10)16(3)4/h5-9,12H,1-4H3,(H,15,17)(H,18,19)/t12-/m1/s1. The summed E-state index contributed by atoms with van der Waals surface area (Å²) >= 11 is 0. The van der Waals surface area contributed by atoms with Gasteiger partial charge in [0.25, 0.3) is 5.91 Å². The number of carbonyl (C=O) groups excluding carboxylic acids is 1. The van der Waals surface area contributed by atoms with Crippen molar-refractivity contribution in [3.8, 4) is 0 Å². The highest BCUT2D eigenvalue weighted by Gasteiger charge is 2.23. The molecule has 0 aromatic heterocycles. The van der Waals surface area contributed by atoms with Gasteiger partial charge in [-0.15, -0.1) is 0 Å². The van der Waals surface area contributed by atoms with Gasteiger partial charge in [0.15, 0.2) is 0 Å². The van der Waals surface area contributed by atoms with E-state index in [1.165, 1.54) is 0 Å². The summed E-state index contributed by atoms with van der Waals surface area (Å²) in [7, 11) is 3.76. The highest BCUT2D eigenvalue weighted by atomic mass is 16.4. The zero-order valence-electron chi connectivity index (χ0n) is 11.7. The number of carbonyl (C=O) groups is 2. The topological polar surface area (TPSA) is 69.6 Å². The predicted octanol–water partition coefficient (Wildman–Crippen LogP) is 1.59. The van der Waals surface area contributed by atoms with Crippen LogP contribution in [0.25, 0.3) is 0 Å². The van der Waals surface area contributed by atoms with Gasteiger partial charge < -0.3 is 15.3 Å². The number of amides is 1. The maximum Gasteiger partial charge on any atom is 0.326 e. The van der Waals surface area contributed by atoms with E-state index in [-0.39, 0.29) is 11.8 Å². The van der Waals surface area contributed by atoms with Gasteiger partial charge in [-0.3, -0.25) is 4.79 Å². The van der Waals surface area contributed by atoms with E-state index >= 15 is 0 Å². The van der Waals surface area contributed by atoms with E-state index in [1.54, 1.807) is 32.0 Å². The third kappa shape index (κ3) is 3.98. The minimum Gasteiger partial charge on any atom is -0.480 e. The van der Waals surface area contributed by atoms with Crippen LogP contribution in [0.3, 0.4) is 0 Å². The van der Waals surface area contributed by atoms with Crippen LogP contribution in [0.15, 0.2) is 24.3 Å². The van der Waals surface area contributed by atoms with E-state index in [2.05, 4.69) is 5.32 Å². The number of aliphatic carboxylic acids is 1. The first-order chi connectivity index (χ1) is 8.82. The van der Waals surface area contributed by atoms with Gasteiger partial charge in [-0.05, 0) is 24.1 Å². The van der Waals surface area contributed by atoms with E-state index in [0.717, 1.165) is 5.69 Å². The number of hydrogen-bond acceptors (Lipinski definition) is 3. The zero-order valence-corrected chi connectivity index (χ0v) is 11.7. The van der Waals surface area contributed by atoms with Crippen molar-refractivity contribution < 1.29 is 14.7 Å². The van der Waals surface area contributed by atoms with E-state index in [1.807, 2.05) is 25.1 Å². The van der Waals surface area contributed by atoms with Gasteiger partial charge in [0.1, 0.15) is 6.04 Å². The second kappa shape index (κ2) is 6.22. The fourth-order valence-corrected chi connectivity index (χ4v) is 1.66. The Morgan fingerprint density at radius 1 is 1.26 bits per heavy atom. The molecule has 0 aliphatic carbocycles. The molecule has 19 heavy (non-hydrogen) atoms. The van der Waals surface area contributed by atoms with Gasteiger partial charge in [0.05, 0.1) is 0 Å². The number of nitrogens with zero attached hydrogens (tertiary/aromatic N) is 1. The van der Waals surface area contributed by atoms with Crippen molar-refractivity contribution in [1.82, 2.24) is 5.32 Å². The van der Waals surface area contributed by atoms with Crippen LogP contribution in [0, 0.1) is 5.92 Å². The average Bonchev–Trinajstić information content (AvgIpc) is 2.34. The Labute approximate surface area is 113 Å². The van der Waals surface area contributed by atoms with Crippen molar-refractivity contribution in [2.24, 2.45) is 5.92 Å². The minimum atomic E-state index is -1.02. The van der Waals surface area contributed by atoms with Crippen LogP contribution >= 0.6 is 0 Å². The summed E-state index contributed by atoms with van der Waals surface area (Å²) in [6, 6.07) is 6.18. The molecule has 5 nitrogen and oxygen atoms in total. The van der Waals surface area contributed by atoms with Crippen LogP contribution in [0.4, 0.5) is 5.69 Å². The van der Waals surface area contributed by atoms with Crippen LogP contribution in [-0.4, -0.2) is 37.1 Å². The number of anilines is 1. The molecule has 0 saturated carbocycles. The molecule has 0 aliphatic heterocycles. The summed E-state index contributed by atoms with van der Waals surface area (Å²) < 4.78 is 0. The van der Waals surface area contributed by atoms with Crippen molar-refractivity contribution in [3.63, 3.8) is 0 Å². The average molecular weight is 264 g/mol. The first kappa shape index (κ1) is 15.0. The molecular formula is C14H20N2O3. The number of carboxylic acids is 1. The van der Waals surface area contributed by atoms with Crippen LogP contribution in [0.2, 0.25) is 0 Å². The molecule has 5 heteroatoms. The monoisotopic (exact) mass is 264 g/mol. The molecule has 1 aromatic carbocycles. The molecule has 0 radical (unpaired) electrons. The van der Waals surface area contributed by atoms with Crippen molar-refractivity contribution in [1.29, 1.82) is 0 Å². The fraction of sp³-hybridized carbons (Fsp3) is 0.429. The number of hydrogen-bond donors (Lipinski definition) is 2. The zero-order chi connectivity index (χ0) is 14.6. The summed E-state index contributed by atoms with van der Waals surface area (Å²) in [4.78, 5) is 25.0. The summed E-state index contributed by atoms with van der Waals surface area (Å²) in [5.41, 5.74) is 1.35. The van der Waals surface area contributed by atoms with Gasteiger partial charge in [0.2, 0.25) is 0 Å². The number of rotatable bonds is 5. The van der Waals surface area contributed by atoms with Gasteiger partial charge in [-0.2, -0.15) is 0 Å². The number of benzene rings is 1. The number of nitrogens with one attached hydrogen (secondary N) is 1. The molecule has 0 saturated heterocycles. The molecule has 0 aliphatic rings. The van der Waals surface area contributed by atoms with E-state index in [4.69, 9.17) is 5.11 Å². The molecule has 0 spiro atoms. The Kier molecular flexibility index (Phi) is 4.92. The van der Waals surface area contributed by atoms with Gasteiger partial charge in [0, 0.05) is 25.3 Å². The van der Waals surface area contributed by atoms with Gasteiger partial charge in [-0.1, -0.05) is 19.9 Å². The second-order valence-corrected chi connectivity index (χ2v) is 4.98. The van der Waals surface area contributed by atoms with Crippen molar-refractivity contribution in [3.05, 3.63) is 29.8 Å². The van der Waals surface area contributed by atoms with E-state index in [0.29, 0.717) is 5.56 Å². The quantitative estimate of drug-likeness (QED) is 0.847. The molecular weight excluding hydrogens is 244 g/mol. The summed E-state index contributed by atoms with van der Waals surface area (Å²) in [5, 5.41) is 11.6. The molecule has 0 fully saturated rings. The van der Waals surface area contributed by atoms with Crippen LogP contribution in [0.1, 0.15) is 24.2 Å². The lowest BCUT2D eigenvalue weighted by Crippen LogP contribution is -2.44. The summed E-state index contributed by atoms with van der Waals surface area (Å²) in [5.74, 6) is -1.56. The lowest BCUT2D eigenvalue weighted by Gasteiger charge is -2.18. The molecule has 1 rings (SSSR count). The van der Waals surface area contributed by atoms with Crippen molar-refractivity contribution in [2.75, 3.05) is 19.0 Å². The normalized spacial score (nSPS) is 12.1. The Balaban J connectivity index is 2.88. The Morgan fingerprint density at radius 3 is 2.37 bits per heavy atom. The molecule has 104 valence electrons. The maximum absolute atomic E-state index is 12.0. The first-order valence-corrected chi connectivity index (χ1v) is 6.14.